The van der Waals surface area contributed by atoms with Crippen LogP contribution in [0.3, 0.4) is 0 Å². The van der Waals surface area contributed by atoms with Gasteiger partial charge in [0.1, 0.15) is 11.5 Å². The molecule has 0 radical (unpaired) electrons. The van der Waals surface area contributed by atoms with Gasteiger partial charge in [0.15, 0.2) is 0 Å². The Morgan fingerprint density at radius 3 is 2.14 bits per heavy atom. The van der Waals surface area contributed by atoms with E-state index in [-0.39, 0.29) is 11.5 Å². The van der Waals surface area contributed by atoms with E-state index in [2.05, 4.69) is 0 Å². The van der Waals surface area contributed by atoms with Crippen molar-refractivity contribution >= 4 is 10.8 Å². The van der Waals surface area contributed by atoms with E-state index >= 15 is 0 Å². The van der Waals surface area contributed by atoms with Crippen molar-refractivity contribution < 1.29 is 10.2 Å². The predicted octanol–water partition coefficient (Wildman–Crippen LogP) is 5.15. The number of aromatic hydroxyl groups is 2. The molecule has 2 nitrogen and oxygen atoms in total. The van der Waals surface area contributed by atoms with E-state index < -0.39 is 0 Å². The van der Waals surface area contributed by atoms with Crippen molar-refractivity contribution in [2.45, 2.75) is 27.7 Å². The summed E-state index contributed by atoms with van der Waals surface area (Å²) in [6.07, 6.45) is 0. The van der Waals surface area contributed by atoms with Gasteiger partial charge in [-0.05, 0) is 72.9 Å². The van der Waals surface area contributed by atoms with E-state index in [9.17, 15) is 10.2 Å². The molecule has 0 aromatic heterocycles. The lowest BCUT2D eigenvalue weighted by molar-refractivity contribution is 0.467. The average molecular weight is 292 g/mol. The van der Waals surface area contributed by atoms with Crippen LogP contribution in [-0.2, 0) is 0 Å². The van der Waals surface area contributed by atoms with Crippen LogP contribution in [0.15, 0.2) is 36.4 Å². The summed E-state index contributed by atoms with van der Waals surface area (Å²) in [4.78, 5) is 0. The lowest BCUT2D eigenvalue weighted by Gasteiger charge is -2.18. The second-order valence-electron chi connectivity index (χ2n) is 5.98. The largest absolute Gasteiger partial charge is 0.507 e. The van der Waals surface area contributed by atoms with E-state index in [1.165, 1.54) is 0 Å². The van der Waals surface area contributed by atoms with Crippen LogP contribution in [0.25, 0.3) is 21.9 Å². The Kier molecular flexibility index (Phi) is 3.32. The van der Waals surface area contributed by atoms with E-state index in [0.717, 1.165) is 38.6 Å². The average Bonchev–Trinajstić information content (AvgIpc) is 2.49. The number of aryl methyl sites for hydroxylation is 2. The van der Waals surface area contributed by atoms with Crippen molar-refractivity contribution in [1.82, 2.24) is 0 Å². The van der Waals surface area contributed by atoms with Gasteiger partial charge in [-0.2, -0.15) is 0 Å². The van der Waals surface area contributed by atoms with Gasteiger partial charge in [-0.3, -0.25) is 0 Å². The molecule has 0 aliphatic carbocycles. The molecule has 0 heterocycles. The van der Waals surface area contributed by atoms with Crippen molar-refractivity contribution in [1.29, 1.82) is 0 Å². The van der Waals surface area contributed by atoms with Crippen molar-refractivity contribution in [2.75, 3.05) is 0 Å². The number of hydrogen-bond donors (Lipinski definition) is 2. The third-order valence-corrected chi connectivity index (χ3v) is 4.60. The van der Waals surface area contributed by atoms with Crippen molar-refractivity contribution in [2.24, 2.45) is 0 Å². The number of rotatable bonds is 1. The van der Waals surface area contributed by atoms with E-state index in [4.69, 9.17) is 0 Å². The first-order valence-electron chi connectivity index (χ1n) is 7.43. The van der Waals surface area contributed by atoms with Crippen molar-refractivity contribution in [3.8, 4) is 22.6 Å². The normalized spacial score (nSPS) is 11.1. The topological polar surface area (TPSA) is 40.5 Å². The molecule has 0 spiro atoms. The summed E-state index contributed by atoms with van der Waals surface area (Å²) in [5.41, 5.74) is 5.44. The molecule has 112 valence electrons. The maximum absolute atomic E-state index is 10.6. The fraction of sp³-hybridized carbons (Fsp3) is 0.200. The molecular weight excluding hydrogens is 272 g/mol. The minimum Gasteiger partial charge on any atom is -0.507 e. The van der Waals surface area contributed by atoms with Crippen molar-refractivity contribution in [3.63, 3.8) is 0 Å². The first-order chi connectivity index (χ1) is 10.4. The minimum absolute atomic E-state index is 0.214. The molecule has 3 rings (SSSR count). The summed E-state index contributed by atoms with van der Waals surface area (Å²) >= 11 is 0. The van der Waals surface area contributed by atoms with Crippen LogP contribution in [0.1, 0.15) is 22.3 Å². The maximum atomic E-state index is 10.6. The summed E-state index contributed by atoms with van der Waals surface area (Å²) in [6.45, 7) is 7.91. The molecule has 0 unspecified atom stereocenters. The summed E-state index contributed by atoms with van der Waals surface area (Å²) in [5.74, 6) is 0.451. The van der Waals surface area contributed by atoms with Crippen LogP contribution in [-0.4, -0.2) is 10.2 Å². The highest BCUT2D eigenvalue weighted by Gasteiger charge is 2.19. The first kappa shape index (κ1) is 14.5. The van der Waals surface area contributed by atoms with Crippen molar-refractivity contribution in [3.05, 3.63) is 58.7 Å². The second-order valence-corrected chi connectivity index (χ2v) is 5.98. The van der Waals surface area contributed by atoms with Gasteiger partial charge in [0.2, 0.25) is 0 Å². The number of hydrogen-bond acceptors (Lipinski definition) is 2. The standard InChI is InChI=1S/C20H20O2/c1-11-10-17(21)18(14(4)13(11)3)19-16-8-6-5-7-15(16)9-12(2)20(19)22/h5-10,21-22H,1-4H3. The number of phenols is 2. The molecule has 2 heteroatoms. The van der Waals surface area contributed by atoms with Gasteiger partial charge in [-0.15, -0.1) is 0 Å². The van der Waals surface area contributed by atoms with Gasteiger partial charge in [-0.25, -0.2) is 0 Å². The Hall–Kier alpha value is -2.48. The summed E-state index contributed by atoms with van der Waals surface area (Å²) in [6, 6.07) is 11.7. The number of benzene rings is 3. The van der Waals surface area contributed by atoms with Gasteiger partial charge in [0.25, 0.3) is 0 Å². The molecule has 3 aromatic rings. The summed E-state index contributed by atoms with van der Waals surface area (Å²) in [7, 11) is 0. The first-order valence-corrected chi connectivity index (χ1v) is 7.43. The van der Waals surface area contributed by atoms with Gasteiger partial charge >= 0.3 is 0 Å². The van der Waals surface area contributed by atoms with Gasteiger partial charge < -0.3 is 10.2 Å². The molecule has 2 N–H and O–H groups in total. The van der Waals surface area contributed by atoms with Gasteiger partial charge in [0.05, 0.1) is 0 Å². The third-order valence-electron chi connectivity index (χ3n) is 4.60. The highest BCUT2D eigenvalue weighted by molar-refractivity contribution is 6.02. The third kappa shape index (κ3) is 2.03. The molecule has 0 amide bonds. The van der Waals surface area contributed by atoms with E-state index in [1.807, 2.05) is 58.0 Å². The summed E-state index contributed by atoms with van der Waals surface area (Å²) in [5, 5.41) is 23.2. The highest BCUT2D eigenvalue weighted by Crippen LogP contribution is 2.45. The zero-order chi connectivity index (χ0) is 16.0. The molecule has 0 saturated carbocycles. The SMILES string of the molecule is Cc1cc(O)c(-c2c(O)c(C)cc3ccccc23)c(C)c1C. The fourth-order valence-corrected chi connectivity index (χ4v) is 3.11. The molecule has 3 aromatic carbocycles. The van der Waals surface area contributed by atoms with Crippen LogP contribution in [0.2, 0.25) is 0 Å². The predicted molar refractivity (Wildman–Crippen MR) is 91.7 cm³/mol. The van der Waals surface area contributed by atoms with Crippen LogP contribution in [0.5, 0.6) is 11.5 Å². The van der Waals surface area contributed by atoms with Gasteiger partial charge in [0, 0.05) is 11.1 Å². The Bertz CT molecular complexity index is 892. The Balaban J connectivity index is 2.51. The fourth-order valence-electron chi connectivity index (χ4n) is 3.11. The molecule has 0 fully saturated rings. The number of phenolic OH excluding ortho intramolecular Hbond substituents is 2. The quantitative estimate of drug-likeness (QED) is 0.651. The van der Waals surface area contributed by atoms with E-state index in [0.29, 0.717) is 5.56 Å². The molecule has 22 heavy (non-hydrogen) atoms. The molecule has 0 aliphatic heterocycles. The molecular formula is C20H20O2. The zero-order valence-corrected chi connectivity index (χ0v) is 13.4. The molecule has 0 saturated heterocycles. The van der Waals surface area contributed by atoms with E-state index in [1.54, 1.807) is 6.07 Å². The van der Waals surface area contributed by atoms with Gasteiger partial charge in [-0.1, -0.05) is 24.3 Å². The Morgan fingerprint density at radius 2 is 1.41 bits per heavy atom. The van der Waals surface area contributed by atoms with Crippen LogP contribution >= 0.6 is 0 Å². The monoisotopic (exact) mass is 292 g/mol. The lowest BCUT2D eigenvalue weighted by Crippen LogP contribution is -1.94. The zero-order valence-electron chi connectivity index (χ0n) is 13.4. The van der Waals surface area contributed by atoms with Crippen LogP contribution < -0.4 is 0 Å². The highest BCUT2D eigenvalue weighted by atomic mass is 16.3. The Labute approximate surface area is 130 Å². The smallest absolute Gasteiger partial charge is 0.127 e. The molecule has 0 aliphatic rings. The molecule has 0 atom stereocenters. The van der Waals surface area contributed by atoms with Crippen LogP contribution in [0.4, 0.5) is 0 Å². The number of fused-ring (bicyclic) bond motifs is 1. The summed E-state index contributed by atoms with van der Waals surface area (Å²) < 4.78 is 0. The minimum atomic E-state index is 0.214. The van der Waals surface area contributed by atoms with Crippen LogP contribution in [0, 0.1) is 27.7 Å². The molecule has 0 bridgehead atoms. The lowest BCUT2D eigenvalue weighted by atomic mass is 9.88. The maximum Gasteiger partial charge on any atom is 0.127 e. The second kappa shape index (κ2) is 5.06. The Morgan fingerprint density at radius 1 is 0.727 bits per heavy atom.